The molecule has 2 heteroatoms. The molecule has 0 radical (unpaired) electrons. The molecule has 2 aromatic rings. The maximum atomic E-state index is 12.4. The lowest BCUT2D eigenvalue weighted by Gasteiger charge is -2.39. The first-order valence-corrected chi connectivity index (χ1v) is 13.7. The second-order valence-corrected chi connectivity index (χ2v) is 11.9. The van der Waals surface area contributed by atoms with Gasteiger partial charge in [-0.2, -0.15) is 0 Å². The van der Waals surface area contributed by atoms with Gasteiger partial charge in [-0.1, -0.05) is 68.0 Å². The fourth-order valence-corrected chi connectivity index (χ4v) is 6.66. The van der Waals surface area contributed by atoms with Crippen LogP contribution in [-0.4, -0.2) is 31.2 Å². The topological polar surface area (TPSA) is 3.24 Å². The van der Waals surface area contributed by atoms with Crippen LogP contribution in [0.5, 0.6) is 0 Å². The van der Waals surface area contributed by atoms with Gasteiger partial charge in [0.05, 0.1) is 6.67 Å². The van der Waals surface area contributed by atoms with Gasteiger partial charge >= 0.3 is 0 Å². The minimum absolute atomic E-state index is 0.192. The fraction of sp³-hybridized carbons (Fsp3) is 0.562. The molecule has 0 atom stereocenters. The number of fused-ring (bicyclic) bond motifs is 1. The SMILES string of the molecule is CC1(C)CCC(C2=C(c3ccc(CC4CN(CCCF)C4)cc3)c3ccccc3CCC2)CC1. The molecule has 1 nitrogen and oxygen atoms in total. The molecule has 0 aromatic heterocycles. The van der Waals surface area contributed by atoms with E-state index in [9.17, 15) is 4.39 Å². The number of nitrogens with zero attached hydrogens (tertiary/aromatic N) is 1. The Morgan fingerprint density at radius 2 is 1.68 bits per heavy atom. The van der Waals surface area contributed by atoms with Crippen molar-refractivity contribution in [2.24, 2.45) is 17.3 Å². The van der Waals surface area contributed by atoms with Gasteiger partial charge in [0, 0.05) is 19.6 Å². The molecule has 0 N–H and O–H groups in total. The van der Waals surface area contributed by atoms with Crippen LogP contribution in [0.25, 0.3) is 5.57 Å². The Bertz CT molecular complexity index is 986. The normalized spacial score (nSPS) is 21.7. The van der Waals surface area contributed by atoms with E-state index in [2.05, 4.69) is 67.3 Å². The highest BCUT2D eigenvalue weighted by atomic mass is 19.1. The Hall–Kier alpha value is -1.93. The highest BCUT2D eigenvalue weighted by Crippen LogP contribution is 2.46. The van der Waals surface area contributed by atoms with Crippen molar-refractivity contribution in [2.45, 2.75) is 71.6 Å². The highest BCUT2D eigenvalue weighted by Gasteiger charge is 2.31. The number of hydrogen-bond donors (Lipinski definition) is 0. The summed E-state index contributed by atoms with van der Waals surface area (Å²) in [5.74, 6) is 1.46. The van der Waals surface area contributed by atoms with E-state index in [-0.39, 0.29) is 6.67 Å². The van der Waals surface area contributed by atoms with E-state index in [4.69, 9.17) is 0 Å². The average Bonchev–Trinajstić information content (AvgIpc) is 3.01. The van der Waals surface area contributed by atoms with Crippen LogP contribution < -0.4 is 0 Å². The summed E-state index contributed by atoms with van der Waals surface area (Å²) in [5.41, 5.74) is 9.65. The number of benzene rings is 2. The lowest BCUT2D eigenvalue weighted by atomic mass is 9.69. The van der Waals surface area contributed by atoms with Gasteiger partial charge in [0.1, 0.15) is 0 Å². The molecule has 0 unspecified atom stereocenters. The van der Waals surface area contributed by atoms with Crippen LogP contribution in [-0.2, 0) is 12.8 Å². The molecule has 2 aliphatic carbocycles. The first-order valence-electron chi connectivity index (χ1n) is 13.7. The predicted molar refractivity (Wildman–Crippen MR) is 142 cm³/mol. The van der Waals surface area contributed by atoms with Gasteiger partial charge < -0.3 is 4.90 Å². The Balaban J connectivity index is 1.39. The van der Waals surface area contributed by atoms with Crippen molar-refractivity contribution in [3.63, 3.8) is 0 Å². The van der Waals surface area contributed by atoms with Gasteiger partial charge in [-0.15, -0.1) is 0 Å². The van der Waals surface area contributed by atoms with Crippen LogP contribution in [0, 0.1) is 17.3 Å². The number of likely N-dealkylation sites (tertiary alicyclic amines) is 1. The third kappa shape index (κ3) is 5.33. The number of aryl methyl sites for hydroxylation is 1. The summed E-state index contributed by atoms with van der Waals surface area (Å²) in [5, 5.41) is 0. The van der Waals surface area contributed by atoms with Gasteiger partial charge in [-0.25, -0.2) is 0 Å². The molecule has 5 rings (SSSR count). The van der Waals surface area contributed by atoms with Crippen LogP contribution in [0.4, 0.5) is 4.39 Å². The van der Waals surface area contributed by atoms with E-state index >= 15 is 0 Å². The van der Waals surface area contributed by atoms with E-state index < -0.39 is 0 Å². The van der Waals surface area contributed by atoms with Crippen molar-refractivity contribution in [1.82, 2.24) is 4.90 Å². The molecule has 2 fully saturated rings. The van der Waals surface area contributed by atoms with Crippen molar-refractivity contribution in [3.8, 4) is 0 Å². The lowest BCUT2D eigenvalue weighted by Crippen LogP contribution is -2.47. The van der Waals surface area contributed by atoms with E-state index in [1.807, 2.05) is 0 Å². The van der Waals surface area contributed by atoms with Crippen LogP contribution in [0.3, 0.4) is 0 Å². The van der Waals surface area contributed by atoms with Crippen molar-refractivity contribution >= 4 is 5.57 Å². The Morgan fingerprint density at radius 3 is 2.41 bits per heavy atom. The number of hydrogen-bond acceptors (Lipinski definition) is 1. The van der Waals surface area contributed by atoms with Crippen LogP contribution in [0.15, 0.2) is 54.1 Å². The summed E-state index contributed by atoms with van der Waals surface area (Å²) in [6.45, 7) is 7.87. The molecular formula is C32H42FN. The second-order valence-electron chi connectivity index (χ2n) is 11.9. The van der Waals surface area contributed by atoms with Crippen LogP contribution in [0.1, 0.15) is 81.0 Å². The molecule has 0 bridgehead atoms. The summed E-state index contributed by atoms with van der Waals surface area (Å²) in [6, 6.07) is 18.7. The van der Waals surface area contributed by atoms with Crippen molar-refractivity contribution in [3.05, 3.63) is 76.4 Å². The minimum atomic E-state index is -0.192. The quantitative estimate of drug-likeness (QED) is 0.407. The molecule has 1 aliphatic heterocycles. The number of alkyl halides is 1. The fourth-order valence-electron chi connectivity index (χ4n) is 6.66. The largest absolute Gasteiger partial charge is 0.303 e. The van der Waals surface area contributed by atoms with E-state index in [1.165, 1.54) is 67.2 Å². The summed E-state index contributed by atoms with van der Waals surface area (Å²) < 4.78 is 12.4. The molecule has 182 valence electrons. The Morgan fingerprint density at radius 1 is 0.941 bits per heavy atom. The van der Waals surface area contributed by atoms with Gasteiger partial charge in [0.15, 0.2) is 0 Å². The molecule has 1 heterocycles. The molecule has 0 amide bonds. The first-order chi connectivity index (χ1) is 16.5. The van der Waals surface area contributed by atoms with Gasteiger partial charge in [0.2, 0.25) is 0 Å². The van der Waals surface area contributed by atoms with E-state index in [0.29, 0.717) is 11.8 Å². The van der Waals surface area contributed by atoms with Crippen LogP contribution >= 0.6 is 0 Å². The van der Waals surface area contributed by atoms with Gasteiger partial charge in [0.25, 0.3) is 0 Å². The molecule has 3 aliphatic rings. The average molecular weight is 460 g/mol. The monoisotopic (exact) mass is 459 g/mol. The maximum Gasteiger partial charge on any atom is 0.0906 e. The Kier molecular flexibility index (Phi) is 7.25. The summed E-state index contributed by atoms with van der Waals surface area (Å²) in [6.07, 6.45) is 10.9. The van der Waals surface area contributed by atoms with Crippen molar-refractivity contribution in [1.29, 1.82) is 0 Å². The zero-order valence-electron chi connectivity index (χ0n) is 21.3. The summed E-state index contributed by atoms with van der Waals surface area (Å²) >= 11 is 0. The number of halogens is 1. The summed E-state index contributed by atoms with van der Waals surface area (Å²) in [7, 11) is 0. The maximum absolute atomic E-state index is 12.4. The smallest absolute Gasteiger partial charge is 0.0906 e. The predicted octanol–water partition coefficient (Wildman–Crippen LogP) is 7.88. The van der Waals surface area contributed by atoms with Crippen molar-refractivity contribution in [2.75, 3.05) is 26.3 Å². The summed E-state index contributed by atoms with van der Waals surface area (Å²) in [4.78, 5) is 2.39. The molecule has 1 saturated carbocycles. The van der Waals surface area contributed by atoms with Crippen molar-refractivity contribution < 1.29 is 4.39 Å². The zero-order chi connectivity index (χ0) is 23.5. The Labute approximate surface area is 206 Å². The third-order valence-corrected chi connectivity index (χ3v) is 8.74. The minimum Gasteiger partial charge on any atom is -0.303 e. The molecule has 1 saturated heterocycles. The second kappa shape index (κ2) is 10.4. The molecule has 2 aromatic carbocycles. The lowest BCUT2D eigenvalue weighted by molar-refractivity contribution is 0.0968. The number of rotatable bonds is 7. The molecular weight excluding hydrogens is 417 g/mol. The van der Waals surface area contributed by atoms with E-state index in [1.54, 1.807) is 11.1 Å². The zero-order valence-corrected chi connectivity index (χ0v) is 21.3. The standard InChI is InChI=1S/C32H42FN/c1-32(2)17-15-27(16-18-32)30-10-5-8-26-7-3-4-9-29(26)31(30)28-13-11-24(12-14-28)21-25-22-34(23-25)20-6-19-33/h3-4,7,9,11-14,25,27H,5-6,8,10,15-23H2,1-2H3. The molecule has 34 heavy (non-hydrogen) atoms. The van der Waals surface area contributed by atoms with Gasteiger partial charge in [-0.3, -0.25) is 4.39 Å². The highest BCUT2D eigenvalue weighted by molar-refractivity contribution is 5.84. The van der Waals surface area contributed by atoms with E-state index in [0.717, 1.165) is 37.9 Å². The molecule has 0 spiro atoms. The van der Waals surface area contributed by atoms with Gasteiger partial charge in [-0.05, 0) is 103 Å². The third-order valence-electron chi connectivity index (χ3n) is 8.74. The first kappa shape index (κ1) is 23.8. The number of allylic oxidation sites excluding steroid dienone is 1. The van der Waals surface area contributed by atoms with Crippen LogP contribution in [0.2, 0.25) is 0 Å².